The zero-order chi connectivity index (χ0) is 9.90. The molecular formula is C7H11N4O2-. The Balaban J connectivity index is 3.01. The third kappa shape index (κ3) is 1.51. The summed E-state index contributed by atoms with van der Waals surface area (Å²) in [6.45, 7) is 3.56. The predicted molar refractivity (Wildman–Crippen MR) is 42.8 cm³/mol. The van der Waals surface area contributed by atoms with Gasteiger partial charge in [-0.2, -0.15) is 5.21 Å². The minimum atomic E-state index is -0.835. The SMILES string of the molecule is CCC(C)(C(=O)OC)c1nnn[n-]1. The van der Waals surface area contributed by atoms with Crippen LogP contribution in [0.25, 0.3) is 0 Å². The van der Waals surface area contributed by atoms with Crippen LogP contribution < -0.4 is 5.10 Å². The highest BCUT2D eigenvalue weighted by atomic mass is 16.5. The molecule has 0 saturated heterocycles. The van der Waals surface area contributed by atoms with Gasteiger partial charge in [0.1, 0.15) is 0 Å². The first-order chi connectivity index (χ1) is 6.15. The molecule has 13 heavy (non-hydrogen) atoms. The van der Waals surface area contributed by atoms with E-state index < -0.39 is 5.41 Å². The molecule has 1 aromatic rings. The van der Waals surface area contributed by atoms with Crippen LogP contribution in [0, 0.1) is 0 Å². The van der Waals surface area contributed by atoms with Crippen molar-refractivity contribution in [2.24, 2.45) is 0 Å². The Morgan fingerprint density at radius 2 is 2.38 bits per heavy atom. The fourth-order valence-electron chi connectivity index (χ4n) is 0.984. The number of ether oxygens (including phenoxy) is 1. The predicted octanol–water partition coefficient (Wildman–Crippen LogP) is -0.331. The smallest absolute Gasteiger partial charge is 0.316 e. The van der Waals surface area contributed by atoms with Crippen LogP contribution in [0.2, 0.25) is 0 Å². The van der Waals surface area contributed by atoms with Crippen molar-refractivity contribution in [2.45, 2.75) is 25.7 Å². The monoisotopic (exact) mass is 183 g/mol. The van der Waals surface area contributed by atoms with Gasteiger partial charge in [-0.3, -0.25) is 15.1 Å². The summed E-state index contributed by atoms with van der Waals surface area (Å²) in [6.07, 6.45) is 0.549. The van der Waals surface area contributed by atoms with Crippen molar-refractivity contribution in [1.29, 1.82) is 0 Å². The topological polar surface area (TPSA) is 79.1 Å². The number of hydrogen-bond acceptors (Lipinski definition) is 5. The van der Waals surface area contributed by atoms with Crippen molar-refractivity contribution in [1.82, 2.24) is 20.6 Å². The standard InChI is InChI=1S/C7H11N4O2/c1-4-7(2,6(12)13-3)5-8-10-11-9-5/h4H2,1-3H3/q-1. The summed E-state index contributed by atoms with van der Waals surface area (Å²) < 4.78 is 4.66. The Morgan fingerprint density at radius 3 is 2.77 bits per heavy atom. The molecule has 1 heterocycles. The Labute approximate surface area is 75.7 Å². The highest BCUT2D eigenvalue weighted by Gasteiger charge is 2.34. The molecule has 0 N–H and O–H groups in total. The van der Waals surface area contributed by atoms with Gasteiger partial charge in [0.05, 0.1) is 12.5 Å². The van der Waals surface area contributed by atoms with Gasteiger partial charge < -0.3 is 9.84 Å². The number of tetrazole rings is 1. The molecule has 6 heteroatoms. The Morgan fingerprint density at radius 1 is 1.69 bits per heavy atom. The summed E-state index contributed by atoms with van der Waals surface area (Å²) >= 11 is 0. The first kappa shape index (κ1) is 9.63. The maximum Gasteiger partial charge on any atom is 0.316 e. The summed E-state index contributed by atoms with van der Waals surface area (Å²) in [5, 5.41) is 14.0. The van der Waals surface area contributed by atoms with E-state index in [9.17, 15) is 4.79 Å². The zero-order valence-electron chi connectivity index (χ0n) is 7.81. The van der Waals surface area contributed by atoms with Gasteiger partial charge in [0.25, 0.3) is 0 Å². The molecule has 0 radical (unpaired) electrons. The van der Waals surface area contributed by atoms with E-state index in [0.29, 0.717) is 12.2 Å². The van der Waals surface area contributed by atoms with Gasteiger partial charge in [-0.25, -0.2) is 0 Å². The van der Waals surface area contributed by atoms with Gasteiger partial charge in [0.2, 0.25) is 0 Å². The van der Waals surface area contributed by atoms with Crippen LogP contribution in [-0.4, -0.2) is 28.6 Å². The second-order valence-corrected chi connectivity index (χ2v) is 2.88. The second-order valence-electron chi connectivity index (χ2n) is 2.88. The summed E-state index contributed by atoms with van der Waals surface area (Å²) in [7, 11) is 1.33. The number of aromatic nitrogens is 4. The van der Waals surface area contributed by atoms with Crippen LogP contribution in [0.5, 0.6) is 0 Å². The molecule has 0 amide bonds. The van der Waals surface area contributed by atoms with E-state index in [-0.39, 0.29) is 5.97 Å². The van der Waals surface area contributed by atoms with Crippen molar-refractivity contribution in [3.05, 3.63) is 5.82 Å². The highest BCUT2D eigenvalue weighted by Crippen LogP contribution is 2.24. The number of esters is 1. The van der Waals surface area contributed by atoms with Gasteiger partial charge >= 0.3 is 5.97 Å². The lowest BCUT2D eigenvalue weighted by molar-refractivity contribution is -0.147. The minimum absolute atomic E-state index is 0.307. The molecule has 0 spiro atoms. The summed E-state index contributed by atoms with van der Waals surface area (Å²) in [5.41, 5.74) is -0.835. The molecule has 1 aromatic heterocycles. The molecule has 1 rings (SSSR count). The van der Waals surface area contributed by atoms with E-state index in [1.54, 1.807) is 6.92 Å². The zero-order valence-corrected chi connectivity index (χ0v) is 7.81. The van der Waals surface area contributed by atoms with Crippen molar-refractivity contribution < 1.29 is 9.53 Å². The molecule has 1 atom stereocenters. The number of methoxy groups -OCH3 is 1. The lowest BCUT2D eigenvalue weighted by Crippen LogP contribution is -2.34. The number of carbonyl (C=O) groups excluding carboxylic acids is 1. The van der Waals surface area contributed by atoms with Crippen molar-refractivity contribution in [3.63, 3.8) is 0 Å². The summed E-state index contributed by atoms with van der Waals surface area (Å²) in [4.78, 5) is 11.4. The molecule has 0 aromatic carbocycles. The Hall–Kier alpha value is -1.46. The van der Waals surface area contributed by atoms with Gasteiger partial charge in [-0.1, -0.05) is 6.92 Å². The van der Waals surface area contributed by atoms with E-state index in [0.717, 1.165) is 0 Å². The van der Waals surface area contributed by atoms with Crippen molar-refractivity contribution >= 4 is 5.97 Å². The Kier molecular flexibility index (Phi) is 2.60. The maximum absolute atomic E-state index is 11.4. The number of nitrogens with zero attached hydrogens (tertiary/aromatic N) is 4. The number of rotatable bonds is 3. The lowest BCUT2D eigenvalue weighted by Gasteiger charge is -2.24. The molecule has 0 bridgehead atoms. The third-order valence-electron chi connectivity index (χ3n) is 2.16. The maximum atomic E-state index is 11.4. The number of hydrogen-bond donors (Lipinski definition) is 0. The molecule has 0 saturated carbocycles. The molecule has 0 aliphatic rings. The van der Waals surface area contributed by atoms with Crippen molar-refractivity contribution in [2.75, 3.05) is 7.11 Å². The van der Waals surface area contributed by atoms with Crippen LogP contribution in [-0.2, 0) is 14.9 Å². The lowest BCUT2D eigenvalue weighted by atomic mass is 9.87. The van der Waals surface area contributed by atoms with Gasteiger partial charge in [-0.05, 0) is 13.3 Å². The fourth-order valence-corrected chi connectivity index (χ4v) is 0.984. The van der Waals surface area contributed by atoms with Gasteiger partial charge in [0.15, 0.2) is 0 Å². The van der Waals surface area contributed by atoms with E-state index in [1.807, 2.05) is 6.92 Å². The molecule has 0 aliphatic heterocycles. The van der Waals surface area contributed by atoms with Crippen LogP contribution in [0.4, 0.5) is 0 Å². The highest BCUT2D eigenvalue weighted by molar-refractivity contribution is 5.81. The Bertz CT molecular complexity index is 285. The van der Waals surface area contributed by atoms with E-state index in [4.69, 9.17) is 0 Å². The second kappa shape index (κ2) is 3.51. The molecule has 72 valence electrons. The van der Waals surface area contributed by atoms with E-state index in [1.165, 1.54) is 7.11 Å². The summed E-state index contributed by atoms with van der Waals surface area (Å²) in [5.74, 6) is -0.0633. The molecule has 1 unspecified atom stereocenters. The van der Waals surface area contributed by atoms with Crippen LogP contribution >= 0.6 is 0 Å². The van der Waals surface area contributed by atoms with Gasteiger partial charge in [-0.15, -0.1) is 0 Å². The van der Waals surface area contributed by atoms with Crippen LogP contribution in [0.3, 0.4) is 0 Å². The van der Waals surface area contributed by atoms with Gasteiger partial charge in [0, 0.05) is 5.82 Å². The molecule has 0 aliphatic carbocycles. The van der Waals surface area contributed by atoms with Crippen LogP contribution in [0.1, 0.15) is 26.1 Å². The first-order valence-corrected chi connectivity index (χ1v) is 3.92. The van der Waals surface area contributed by atoms with E-state index >= 15 is 0 Å². The third-order valence-corrected chi connectivity index (χ3v) is 2.16. The average molecular weight is 183 g/mol. The van der Waals surface area contributed by atoms with Crippen LogP contribution in [0.15, 0.2) is 0 Å². The quantitative estimate of drug-likeness (QED) is 0.597. The van der Waals surface area contributed by atoms with E-state index in [2.05, 4.69) is 25.4 Å². The molecular weight excluding hydrogens is 172 g/mol. The average Bonchev–Trinajstić information content (AvgIpc) is 2.68. The van der Waals surface area contributed by atoms with Crippen molar-refractivity contribution in [3.8, 4) is 0 Å². The normalized spacial score (nSPS) is 15.0. The molecule has 6 nitrogen and oxygen atoms in total. The number of carbonyl (C=O) groups is 1. The first-order valence-electron chi connectivity index (χ1n) is 3.92. The summed E-state index contributed by atoms with van der Waals surface area (Å²) in [6, 6.07) is 0. The fraction of sp³-hybridized carbons (Fsp3) is 0.714. The largest absolute Gasteiger partial charge is 0.468 e. The minimum Gasteiger partial charge on any atom is -0.468 e. The molecule has 0 fully saturated rings.